The van der Waals surface area contributed by atoms with E-state index in [1.54, 1.807) is 0 Å². The Morgan fingerprint density at radius 3 is 2.17 bits per heavy atom. The van der Waals surface area contributed by atoms with Crippen molar-refractivity contribution in [1.29, 1.82) is 0 Å². The van der Waals surface area contributed by atoms with Crippen LogP contribution in [0.1, 0.15) is 30.4 Å². The molecule has 2 aliphatic carbocycles. The van der Waals surface area contributed by atoms with Gasteiger partial charge in [0.2, 0.25) is 0 Å². The summed E-state index contributed by atoms with van der Waals surface area (Å²) in [4.78, 5) is 0. The van der Waals surface area contributed by atoms with Crippen LogP contribution in [0.25, 0.3) is 0 Å². The van der Waals surface area contributed by atoms with Crippen LogP contribution in [0.4, 0.5) is 13.2 Å². The van der Waals surface area contributed by atoms with E-state index >= 15 is 0 Å². The molecule has 18 heavy (non-hydrogen) atoms. The molecule has 0 aromatic heterocycles. The first-order valence-electron chi connectivity index (χ1n) is 6.30. The monoisotopic (exact) mass is 256 g/mol. The summed E-state index contributed by atoms with van der Waals surface area (Å²) in [6, 6.07) is 5.15. The lowest BCUT2D eigenvalue weighted by Gasteiger charge is -2.15. The summed E-state index contributed by atoms with van der Waals surface area (Å²) < 4.78 is 37.2. The van der Waals surface area contributed by atoms with E-state index < -0.39 is 17.3 Å². The highest BCUT2D eigenvalue weighted by Crippen LogP contribution is 2.61. The molecule has 0 radical (unpaired) electrons. The molecule has 1 aromatic rings. The van der Waals surface area contributed by atoms with Crippen LogP contribution in [-0.4, -0.2) is 10.7 Å². The van der Waals surface area contributed by atoms with Gasteiger partial charge in [0.05, 0.1) is 11.2 Å². The zero-order chi connectivity index (χ0) is 13.0. The zero-order valence-electron chi connectivity index (χ0n) is 9.87. The SMILES string of the molecule is OC1(Cc2ccc(C(F)(F)F)cc2)C2CCCC21. The molecule has 4 heteroatoms. The van der Waals surface area contributed by atoms with Crippen LogP contribution < -0.4 is 0 Å². The Labute approximate surface area is 104 Å². The molecule has 2 fully saturated rings. The lowest BCUT2D eigenvalue weighted by molar-refractivity contribution is -0.137. The van der Waals surface area contributed by atoms with E-state index in [4.69, 9.17) is 0 Å². The van der Waals surface area contributed by atoms with E-state index in [1.807, 2.05) is 0 Å². The van der Waals surface area contributed by atoms with E-state index in [2.05, 4.69) is 0 Å². The Kier molecular flexibility index (Phi) is 2.49. The highest BCUT2D eigenvalue weighted by atomic mass is 19.4. The van der Waals surface area contributed by atoms with Crippen molar-refractivity contribution >= 4 is 0 Å². The maximum atomic E-state index is 12.4. The smallest absolute Gasteiger partial charge is 0.389 e. The van der Waals surface area contributed by atoms with Crippen molar-refractivity contribution in [3.8, 4) is 0 Å². The summed E-state index contributed by atoms with van der Waals surface area (Å²) in [7, 11) is 0. The number of hydrogen-bond acceptors (Lipinski definition) is 1. The van der Waals surface area contributed by atoms with Crippen molar-refractivity contribution in [1.82, 2.24) is 0 Å². The van der Waals surface area contributed by atoms with Gasteiger partial charge < -0.3 is 5.11 Å². The summed E-state index contributed by atoms with van der Waals surface area (Å²) in [5, 5.41) is 10.4. The van der Waals surface area contributed by atoms with Crippen LogP contribution >= 0.6 is 0 Å². The minimum atomic E-state index is -4.29. The lowest BCUT2D eigenvalue weighted by Crippen LogP contribution is -2.19. The molecule has 1 N–H and O–H groups in total. The van der Waals surface area contributed by atoms with Crippen molar-refractivity contribution in [3.63, 3.8) is 0 Å². The van der Waals surface area contributed by atoms with Gasteiger partial charge in [-0.1, -0.05) is 18.6 Å². The molecule has 1 nitrogen and oxygen atoms in total. The second kappa shape index (κ2) is 3.73. The third kappa shape index (κ3) is 1.83. The van der Waals surface area contributed by atoms with Crippen molar-refractivity contribution in [3.05, 3.63) is 35.4 Å². The fraction of sp³-hybridized carbons (Fsp3) is 0.571. The molecular weight excluding hydrogens is 241 g/mol. The van der Waals surface area contributed by atoms with Crippen LogP contribution in [0.5, 0.6) is 0 Å². The highest BCUT2D eigenvalue weighted by molar-refractivity contribution is 5.29. The van der Waals surface area contributed by atoms with Gasteiger partial charge in [-0.25, -0.2) is 0 Å². The van der Waals surface area contributed by atoms with Gasteiger partial charge in [-0.2, -0.15) is 13.2 Å². The van der Waals surface area contributed by atoms with Gasteiger partial charge in [-0.15, -0.1) is 0 Å². The van der Waals surface area contributed by atoms with Gasteiger partial charge in [0.15, 0.2) is 0 Å². The fourth-order valence-electron chi connectivity index (χ4n) is 3.45. The molecule has 0 saturated heterocycles. The summed E-state index contributed by atoms with van der Waals surface area (Å²) in [5.41, 5.74) is -0.480. The van der Waals surface area contributed by atoms with Crippen molar-refractivity contribution in [2.45, 2.75) is 37.5 Å². The van der Waals surface area contributed by atoms with E-state index in [0.717, 1.165) is 30.5 Å². The van der Waals surface area contributed by atoms with Crippen molar-refractivity contribution in [2.24, 2.45) is 11.8 Å². The Balaban J connectivity index is 1.71. The van der Waals surface area contributed by atoms with E-state index in [0.29, 0.717) is 18.3 Å². The third-order valence-corrected chi connectivity index (χ3v) is 4.46. The molecule has 3 rings (SSSR count). The summed E-state index contributed by atoms with van der Waals surface area (Å²) in [5.74, 6) is 0.750. The minimum absolute atomic E-state index is 0.375. The van der Waals surface area contributed by atoms with E-state index in [1.165, 1.54) is 18.6 Å². The molecule has 0 spiro atoms. The van der Waals surface area contributed by atoms with Crippen LogP contribution in [0.15, 0.2) is 24.3 Å². The Morgan fingerprint density at radius 2 is 1.67 bits per heavy atom. The molecule has 0 heterocycles. The second-order valence-electron chi connectivity index (χ2n) is 5.51. The van der Waals surface area contributed by atoms with Crippen molar-refractivity contribution in [2.75, 3.05) is 0 Å². The van der Waals surface area contributed by atoms with E-state index in [9.17, 15) is 18.3 Å². The zero-order valence-corrected chi connectivity index (χ0v) is 9.87. The standard InChI is InChI=1S/C14H15F3O/c15-14(16,17)10-6-4-9(5-7-10)8-13(18)11-2-1-3-12(11)13/h4-7,11-12,18H,1-3,8H2. The number of aliphatic hydroxyl groups is 1. The number of fused-ring (bicyclic) bond motifs is 1. The molecule has 0 aliphatic heterocycles. The maximum absolute atomic E-state index is 12.4. The number of rotatable bonds is 2. The molecule has 0 amide bonds. The third-order valence-electron chi connectivity index (χ3n) is 4.46. The maximum Gasteiger partial charge on any atom is 0.416 e. The molecule has 1 aromatic carbocycles. The predicted molar refractivity (Wildman–Crippen MR) is 60.9 cm³/mol. The molecule has 2 unspecified atom stereocenters. The average Bonchev–Trinajstić information content (AvgIpc) is 2.68. The largest absolute Gasteiger partial charge is 0.416 e. The predicted octanol–water partition coefficient (Wildman–Crippen LogP) is 3.41. The topological polar surface area (TPSA) is 20.2 Å². The first-order chi connectivity index (χ1) is 8.41. The molecule has 0 bridgehead atoms. The van der Waals surface area contributed by atoms with Crippen molar-refractivity contribution < 1.29 is 18.3 Å². The Hall–Kier alpha value is -1.03. The average molecular weight is 256 g/mol. The lowest BCUT2D eigenvalue weighted by atomic mass is 9.98. The molecule has 2 saturated carbocycles. The summed E-state index contributed by atoms with van der Waals surface area (Å²) >= 11 is 0. The molecule has 2 atom stereocenters. The molecule has 2 aliphatic rings. The first-order valence-corrected chi connectivity index (χ1v) is 6.30. The highest BCUT2D eigenvalue weighted by Gasteiger charge is 2.64. The van der Waals surface area contributed by atoms with Gasteiger partial charge in [-0.05, 0) is 42.4 Å². The number of alkyl halides is 3. The fourth-order valence-corrected chi connectivity index (χ4v) is 3.45. The first kappa shape index (κ1) is 12.0. The second-order valence-corrected chi connectivity index (χ2v) is 5.51. The quantitative estimate of drug-likeness (QED) is 0.859. The molecule has 98 valence electrons. The van der Waals surface area contributed by atoms with Gasteiger partial charge in [0, 0.05) is 6.42 Å². The van der Waals surface area contributed by atoms with Gasteiger partial charge in [0.25, 0.3) is 0 Å². The normalized spacial score (nSPS) is 34.4. The number of halogens is 3. The number of benzene rings is 1. The summed E-state index contributed by atoms with van der Waals surface area (Å²) in [6.07, 6.45) is -0.514. The summed E-state index contributed by atoms with van der Waals surface area (Å²) in [6.45, 7) is 0. The van der Waals surface area contributed by atoms with Gasteiger partial charge >= 0.3 is 6.18 Å². The number of hydrogen-bond donors (Lipinski definition) is 1. The van der Waals surface area contributed by atoms with Crippen LogP contribution in [0, 0.1) is 11.8 Å². The van der Waals surface area contributed by atoms with Gasteiger partial charge in [0.1, 0.15) is 0 Å². The van der Waals surface area contributed by atoms with Crippen LogP contribution in [-0.2, 0) is 12.6 Å². The Morgan fingerprint density at radius 1 is 1.11 bits per heavy atom. The minimum Gasteiger partial charge on any atom is -0.389 e. The van der Waals surface area contributed by atoms with Crippen LogP contribution in [0.2, 0.25) is 0 Å². The molecular formula is C14H15F3O. The Bertz CT molecular complexity index is 439. The van der Waals surface area contributed by atoms with E-state index in [-0.39, 0.29) is 0 Å². The van der Waals surface area contributed by atoms with Gasteiger partial charge in [-0.3, -0.25) is 0 Å². The van der Waals surface area contributed by atoms with Crippen LogP contribution in [0.3, 0.4) is 0 Å².